The van der Waals surface area contributed by atoms with Crippen LogP contribution < -0.4 is 10.6 Å². The molecule has 0 spiro atoms. The van der Waals surface area contributed by atoms with Gasteiger partial charge in [-0.2, -0.15) is 0 Å². The minimum atomic E-state index is -1.21. The van der Waals surface area contributed by atoms with E-state index in [-0.39, 0.29) is 59.9 Å². The van der Waals surface area contributed by atoms with Crippen LogP contribution in [0.2, 0.25) is 0 Å². The number of nitrogens with zero attached hydrogens (tertiary/aromatic N) is 2. The maximum atomic E-state index is 13.8. The Bertz CT molecular complexity index is 1930. The van der Waals surface area contributed by atoms with E-state index < -0.39 is 23.3 Å². The highest BCUT2D eigenvalue weighted by Crippen LogP contribution is 2.46. The number of benzene rings is 2. The lowest BCUT2D eigenvalue weighted by Gasteiger charge is -2.50. The van der Waals surface area contributed by atoms with Crippen molar-refractivity contribution >= 4 is 11.8 Å². The fourth-order valence-electron chi connectivity index (χ4n) is 9.88. The first-order valence-corrected chi connectivity index (χ1v) is 21.1. The van der Waals surface area contributed by atoms with Gasteiger partial charge in [-0.1, -0.05) is 90.1 Å². The van der Waals surface area contributed by atoms with Crippen LogP contribution in [-0.2, 0) is 19.1 Å². The Kier molecular flexibility index (Phi) is 10.7. The number of aromatic nitrogens is 4. The van der Waals surface area contributed by atoms with Crippen LogP contribution in [0.25, 0.3) is 33.6 Å². The van der Waals surface area contributed by atoms with Gasteiger partial charge in [0, 0.05) is 0 Å². The first-order valence-electron chi connectivity index (χ1n) is 21.1. The Hall–Kier alpha value is -4.36. The fourth-order valence-corrected chi connectivity index (χ4v) is 9.88. The number of H-pyrrole nitrogens is 2. The molecule has 10 rings (SSSR count). The molecule has 6 N–H and O–H groups in total. The smallest absolute Gasteiger partial charge is 0.255 e. The SMILES string of the molecule is CC(C)(C)[C@H](NC(=O)C1(CO)OC2CCC1CC2)c1ncc(-c2ccc(-c3ccc(-c4cnc([C@@H](NC(=O)C5(CO)OC6CCC5CC6)C(C)(C)C)[nH]4)cc3)cc2)[nH]1. The molecule has 4 bridgehead atoms. The van der Waals surface area contributed by atoms with Gasteiger partial charge in [-0.3, -0.25) is 9.59 Å². The van der Waals surface area contributed by atoms with Crippen LogP contribution in [0.1, 0.15) is 117 Å². The van der Waals surface area contributed by atoms with Gasteiger partial charge in [0.15, 0.2) is 11.2 Å². The molecule has 58 heavy (non-hydrogen) atoms. The Labute approximate surface area is 341 Å². The van der Waals surface area contributed by atoms with E-state index in [2.05, 4.69) is 111 Å². The number of carbonyl (C=O) groups is 2. The van der Waals surface area contributed by atoms with Crippen molar-refractivity contribution in [2.24, 2.45) is 22.7 Å². The number of hydrogen-bond donors (Lipinski definition) is 6. The van der Waals surface area contributed by atoms with Crippen molar-refractivity contribution in [3.05, 3.63) is 72.6 Å². The maximum Gasteiger partial charge on any atom is 0.255 e. The Balaban J connectivity index is 0.944. The van der Waals surface area contributed by atoms with Crippen molar-refractivity contribution in [3.8, 4) is 33.6 Å². The number of aliphatic hydroxyl groups excluding tert-OH is 2. The predicted octanol–water partition coefficient (Wildman–Crippen LogP) is 7.18. The summed E-state index contributed by atoms with van der Waals surface area (Å²) in [6.07, 6.45) is 10.9. The molecule has 0 radical (unpaired) electrons. The molecule has 2 aromatic heterocycles. The number of amides is 2. The second kappa shape index (κ2) is 15.3. The number of hydrogen-bond acceptors (Lipinski definition) is 8. The fraction of sp³-hybridized carbons (Fsp3) is 0.565. The van der Waals surface area contributed by atoms with E-state index in [1.54, 1.807) is 12.4 Å². The van der Waals surface area contributed by atoms with Crippen LogP contribution in [-0.4, -0.2) is 78.6 Å². The van der Waals surface area contributed by atoms with Gasteiger partial charge < -0.3 is 40.3 Å². The predicted molar refractivity (Wildman–Crippen MR) is 221 cm³/mol. The topological polar surface area (TPSA) is 174 Å². The summed E-state index contributed by atoms with van der Waals surface area (Å²) in [5.41, 5.74) is 2.60. The lowest BCUT2D eigenvalue weighted by Crippen LogP contribution is -2.63. The highest BCUT2D eigenvalue weighted by molar-refractivity contribution is 5.87. The van der Waals surface area contributed by atoms with Crippen molar-refractivity contribution in [2.75, 3.05) is 13.2 Å². The molecule has 2 unspecified atom stereocenters. The number of nitrogens with one attached hydrogen (secondary N) is 4. The third-order valence-electron chi connectivity index (χ3n) is 13.4. The highest BCUT2D eigenvalue weighted by atomic mass is 16.5. The molecule has 4 aliphatic heterocycles. The molecule has 2 aliphatic carbocycles. The Morgan fingerprint density at radius 1 is 0.621 bits per heavy atom. The van der Waals surface area contributed by atoms with E-state index in [1.807, 2.05) is 0 Å². The average molecular weight is 793 g/mol. The summed E-state index contributed by atoms with van der Waals surface area (Å²) in [4.78, 5) is 44.1. The second-order valence-corrected chi connectivity index (χ2v) is 19.3. The van der Waals surface area contributed by atoms with Crippen LogP contribution in [0.15, 0.2) is 60.9 Å². The standard InChI is InChI=1S/C46H60N6O6/c1-43(2,3)37(51-41(55)45(25-53)31-15-19-33(57-45)20-16-31)39-47-23-35(49-39)29-11-7-27(8-12-29)28-9-13-30(14-10-28)36-24-48-40(50-36)38(44(4,5)6)52-42(56)46(26-54)32-17-21-34(58-46)22-18-32/h7-14,23-24,31-34,37-38,53-54H,15-22,25-26H2,1-6H3,(H,47,49)(H,48,50)(H,51,55)(H,52,56)/t31?,32?,33?,34?,37-,38-,45?,46?/m1/s1. The number of carbonyl (C=O) groups excluding carboxylic acids is 2. The van der Waals surface area contributed by atoms with E-state index in [0.29, 0.717) is 11.6 Å². The van der Waals surface area contributed by atoms with Crippen LogP contribution in [0.3, 0.4) is 0 Å². The molecule has 6 heterocycles. The van der Waals surface area contributed by atoms with E-state index in [1.165, 1.54) is 0 Å². The summed E-state index contributed by atoms with van der Waals surface area (Å²) >= 11 is 0. The second-order valence-electron chi connectivity index (χ2n) is 19.3. The third kappa shape index (κ3) is 7.41. The zero-order chi connectivity index (χ0) is 41.0. The van der Waals surface area contributed by atoms with Crippen LogP contribution >= 0.6 is 0 Å². The molecule has 2 saturated carbocycles. The lowest BCUT2D eigenvalue weighted by atomic mass is 9.71. The van der Waals surface area contributed by atoms with Crippen molar-refractivity contribution < 1.29 is 29.3 Å². The summed E-state index contributed by atoms with van der Waals surface area (Å²) in [7, 11) is 0. The summed E-state index contributed by atoms with van der Waals surface area (Å²) in [6.45, 7) is 11.7. The minimum Gasteiger partial charge on any atom is -0.393 e. The molecule has 2 amide bonds. The van der Waals surface area contributed by atoms with Crippen molar-refractivity contribution in [3.63, 3.8) is 0 Å². The highest BCUT2D eigenvalue weighted by Gasteiger charge is 2.55. The van der Waals surface area contributed by atoms with Gasteiger partial charge in [-0.25, -0.2) is 9.97 Å². The normalized spacial score (nSPS) is 27.9. The number of imidazole rings is 2. The third-order valence-corrected chi connectivity index (χ3v) is 13.4. The van der Waals surface area contributed by atoms with E-state index >= 15 is 0 Å². The van der Waals surface area contributed by atoms with E-state index in [0.717, 1.165) is 85.0 Å². The summed E-state index contributed by atoms with van der Waals surface area (Å²) in [6, 6.07) is 15.7. The zero-order valence-corrected chi connectivity index (χ0v) is 34.7. The number of ether oxygens (including phenoxy) is 2. The molecule has 6 aliphatic rings. The Morgan fingerprint density at radius 3 is 1.22 bits per heavy atom. The summed E-state index contributed by atoms with van der Waals surface area (Å²) in [5.74, 6) is 0.791. The molecular formula is C46H60N6O6. The zero-order valence-electron chi connectivity index (χ0n) is 34.7. The average Bonchev–Trinajstić information content (AvgIpc) is 3.93. The molecule has 2 aromatic carbocycles. The van der Waals surface area contributed by atoms with Crippen molar-refractivity contribution in [1.29, 1.82) is 0 Å². The Morgan fingerprint density at radius 2 is 0.948 bits per heavy atom. The first-order chi connectivity index (χ1) is 27.6. The minimum absolute atomic E-state index is 0.00803. The lowest BCUT2D eigenvalue weighted by molar-refractivity contribution is -0.215. The van der Waals surface area contributed by atoms with Crippen molar-refractivity contribution in [2.45, 2.75) is 128 Å². The molecular weight excluding hydrogens is 733 g/mol. The molecule has 12 nitrogen and oxygen atoms in total. The summed E-state index contributed by atoms with van der Waals surface area (Å²) in [5, 5.41) is 27.3. The molecule has 6 fully saturated rings. The van der Waals surface area contributed by atoms with Gasteiger partial charge in [-0.05, 0) is 96.3 Å². The van der Waals surface area contributed by atoms with Gasteiger partial charge in [-0.15, -0.1) is 0 Å². The number of rotatable bonds is 11. The number of aromatic amines is 2. The van der Waals surface area contributed by atoms with Crippen LogP contribution in [0, 0.1) is 22.7 Å². The van der Waals surface area contributed by atoms with Gasteiger partial charge in [0.25, 0.3) is 11.8 Å². The molecule has 12 heteroatoms. The van der Waals surface area contributed by atoms with Gasteiger partial charge >= 0.3 is 0 Å². The molecule has 4 saturated heterocycles. The number of aliphatic hydroxyl groups is 2. The molecule has 4 atom stereocenters. The number of fused-ring (bicyclic) bond motifs is 6. The van der Waals surface area contributed by atoms with Crippen LogP contribution in [0.5, 0.6) is 0 Å². The van der Waals surface area contributed by atoms with Crippen LogP contribution in [0.4, 0.5) is 0 Å². The van der Waals surface area contributed by atoms with E-state index in [9.17, 15) is 19.8 Å². The molecule has 310 valence electrons. The van der Waals surface area contributed by atoms with Gasteiger partial charge in [0.2, 0.25) is 0 Å². The maximum absolute atomic E-state index is 13.8. The molecule has 4 aromatic rings. The monoisotopic (exact) mass is 792 g/mol. The van der Waals surface area contributed by atoms with Gasteiger partial charge in [0.05, 0.1) is 61.3 Å². The van der Waals surface area contributed by atoms with Gasteiger partial charge in [0.1, 0.15) is 11.6 Å². The quantitative estimate of drug-likeness (QED) is 0.0927. The van der Waals surface area contributed by atoms with E-state index in [4.69, 9.17) is 19.4 Å². The first kappa shape index (κ1) is 40.4. The van der Waals surface area contributed by atoms with Crippen molar-refractivity contribution in [1.82, 2.24) is 30.6 Å². The summed E-state index contributed by atoms with van der Waals surface area (Å²) < 4.78 is 12.5. The largest absolute Gasteiger partial charge is 0.393 e.